The summed E-state index contributed by atoms with van der Waals surface area (Å²) >= 11 is 0. The van der Waals surface area contributed by atoms with Crippen molar-refractivity contribution in [3.63, 3.8) is 0 Å². The van der Waals surface area contributed by atoms with E-state index in [0.717, 1.165) is 17.2 Å². The molecule has 1 aromatic heterocycles. The maximum atomic E-state index is 5.62. The number of nitrogens with zero attached hydrogens (tertiary/aromatic N) is 1. The molecule has 1 heterocycles. The highest BCUT2D eigenvalue weighted by Crippen LogP contribution is 2.43. The molecule has 0 aliphatic heterocycles. The zero-order valence-electron chi connectivity index (χ0n) is 13.8. The summed E-state index contributed by atoms with van der Waals surface area (Å²) in [5.74, 6) is 1.89. The molecule has 0 amide bonds. The molecule has 0 atom stereocenters. The zero-order valence-corrected chi connectivity index (χ0v) is 13.8. The summed E-state index contributed by atoms with van der Waals surface area (Å²) in [6, 6.07) is 10.5. The maximum Gasteiger partial charge on any atom is 0.222 e. The third kappa shape index (κ3) is 3.18. The van der Waals surface area contributed by atoms with Crippen LogP contribution in [-0.4, -0.2) is 5.16 Å². The minimum Gasteiger partial charge on any atom is -0.368 e. The SMILES string of the molecule is CC(C)(C)C1CCC(c2cccc(-c3cc(N)on3)c2)CC1. The van der Waals surface area contributed by atoms with Gasteiger partial charge in [0.25, 0.3) is 0 Å². The van der Waals surface area contributed by atoms with Gasteiger partial charge in [0, 0.05) is 11.6 Å². The molecule has 2 N–H and O–H groups in total. The third-order valence-corrected chi connectivity index (χ3v) is 5.13. The van der Waals surface area contributed by atoms with Crippen molar-refractivity contribution in [2.24, 2.45) is 11.3 Å². The quantitative estimate of drug-likeness (QED) is 0.824. The topological polar surface area (TPSA) is 52.0 Å². The molecule has 3 rings (SSSR count). The first-order valence-corrected chi connectivity index (χ1v) is 8.26. The smallest absolute Gasteiger partial charge is 0.222 e. The molecule has 118 valence electrons. The standard InChI is InChI=1S/C19H26N2O/c1-19(2,3)16-9-7-13(8-10-16)14-5-4-6-15(11-14)17-12-18(20)22-21-17/h4-6,11-13,16H,7-10,20H2,1-3H3. The van der Waals surface area contributed by atoms with Gasteiger partial charge in [-0.05, 0) is 54.6 Å². The van der Waals surface area contributed by atoms with Crippen molar-refractivity contribution in [2.75, 3.05) is 5.73 Å². The number of hydrogen-bond donors (Lipinski definition) is 1. The van der Waals surface area contributed by atoms with E-state index < -0.39 is 0 Å². The number of anilines is 1. The van der Waals surface area contributed by atoms with Gasteiger partial charge in [0.05, 0.1) is 0 Å². The van der Waals surface area contributed by atoms with Crippen molar-refractivity contribution in [2.45, 2.75) is 52.4 Å². The Morgan fingerprint density at radius 3 is 2.41 bits per heavy atom. The van der Waals surface area contributed by atoms with Crippen LogP contribution in [-0.2, 0) is 0 Å². The first kappa shape index (κ1) is 15.1. The maximum absolute atomic E-state index is 5.62. The van der Waals surface area contributed by atoms with Crippen molar-refractivity contribution in [3.05, 3.63) is 35.9 Å². The molecule has 1 aliphatic rings. The Bertz CT molecular complexity index is 631. The number of aromatic nitrogens is 1. The fourth-order valence-corrected chi connectivity index (χ4v) is 3.67. The van der Waals surface area contributed by atoms with Crippen LogP contribution in [0.1, 0.15) is 57.9 Å². The number of nitrogen functional groups attached to an aromatic ring is 1. The van der Waals surface area contributed by atoms with Crippen LogP contribution in [0.25, 0.3) is 11.3 Å². The summed E-state index contributed by atoms with van der Waals surface area (Å²) in [4.78, 5) is 0. The molecule has 0 spiro atoms. The van der Waals surface area contributed by atoms with Gasteiger partial charge in [-0.3, -0.25) is 0 Å². The van der Waals surface area contributed by atoms with E-state index in [2.05, 4.69) is 50.2 Å². The average molecular weight is 298 g/mol. The highest BCUT2D eigenvalue weighted by molar-refractivity contribution is 5.62. The van der Waals surface area contributed by atoms with Gasteiger partial charge in [0.1, 0.15) is 5.69 Å². The van der Waals surface area contributed by atoms with E-state index in [1.54, 1.807) is 6.07 Å². The van der Waals surface area contributed by atoms with Crippen LogP contribution in [0.15, 0.2) is 34.9 Å². The molecule has 22 heavy (non-hydrogen) atoms. The van der Waals surface area contributed by atoms with Crippen LogP contribution in [0.3, 0.4) is 0 Å². The minimum atomic E-state index is 0.367. The Balaban J connectivity index is 1.74. The second-order valence-corrected chi connectivity index (χ2v) is 7.65. The third-order valence-electron chi connectivity index (χ3n) is 5.13. The van der Waals surface area contributed by atoms with Gasteiger partial charge in [0.2, 0.25) is 5.88 Å². The Labute approximate surface area is 132 Å². The predicted octanol–water partition coefficient (Wildman–Crippen LogP) is 5.24. The molecular formula is C19H26N2O. The molecule has 0 radical (unpaired) electrons. The van der Waals surface area contributed by atoms with Crippen LogP contribution in [0.2, 0.25) is 0 Å². The molecular weight excluding hydrogens is 272 g/mol. The summed E-state index contributed by atoms with van der Waals surface area (Å²) < 4.78 is 4.98. The van der Waals surface area contributed by atoms with Crippen LogP contribution in [0.5, 0.6) is 0 Å². The monoisotopic (exact) mass is 298 g/mol. The first-order chi connectivity index (χ1) is 10.4. The van der Waals surface area contributed by atoms with Gasteiger partial charge in [-0.1, -0.05) is 44.1 Å². The normalized spacial score (nSPS) is 22.7. The van der Waals surface area contributed by atoms with Crippen LogP contribution < -0.4 is 5.73 Å². The van der Waals surface area contributed by atoms with Gasteiger partial charge in [-0.2, -0.15) is 0 Å². The van der Waals surface area contributed by atoms with Gasteiger partial charge >= 0.3 is 0 Å². The van der Waals surface area contributed by atoms with E-state index in [9.17, 15) is 0 Å². The van der Waals surface area contributed by atoms with Gasteiger partial charge in [-0.15, -0.1) is 0 Å². The largest absolute Gasteiger partial charge is 0.368 e. The number of hydrogen-bond acceptors (Lipinski definition) is 3. The number of rotatable bonds is 2. The van der Waals surface area contributed by atoms with Crippen LogP contribution in [0.4, 0.5) is 5.88 Å². The Hall–Kier alpha value is -1.77. The molecule has 0 bridgehead atoms. The second-order valence-electron chi connectivity index (χ2n) is 7.65. The lowest BCUT2D eigenvalue weighted by Crippen LogP contribution is -2.25. The van der Waals surface area contributed by atoms with E-state index >= 15 is 0 Å². The Morgan fingerprint density at radius 1 is 1.09 bits per heavy atom. The first-order valence-electron chi connectivity index (χ1n) is 8.26. The van der Waals surface area contributed by atoms with Crippen molar-refractivity contribution in [3.8, 4) is 11.3 Å². The lowest BCUT2D eigenvalue weighted by atomic mass is 9.68. The van der Waals surface area contributed by atoms with Gasteiger partial charge in [-0.25, -0.2) is 0 Å². The van der Waals surface area contributed by atoms with Gasteiger partial charge < -0.3 is 10.3 Å². The predicted molar refractivity (Wildman–Crippen MR) is 90.5 cm³/mol. The molecule has 3 heteroatoms. The number of nitrogens with two attached hydrogens (primary N) is 1. The molecule has 2 aromatic rings. The summed E-state index contributed by atoms with van der Waals surface area (Å²) in [5, 5.41) is 4.02. The van der Waals surface area contributed by atoms with E-state index in [0.29, 0.717) is 17.2 Å². The Morgan fingerprint density at radius 2 is 1.82 bits per heavy atom. The van der Waals surface area contributed by atoms with E-state index in [1.807, 2.05) is 0 Å². The zero-order chi connectivity index (χ0) is 15.7. The number of benzene rings is 1. The van der Waals surface area contributed by atoms with Crippen LogP contribution in [0, 0.1) is 11.3 Å². The fourth-order valence-electron chi connectivity index (χ4n) is 3.67. The van der Waals surface area contributed by atoms with Crippen molar-refractivity contribution >= 4 is 5.88 Å². The second kappa shape index (κ2) is 5.79. The Kier molecular flexibility index (Phi) is 3.98. The molecule has 1 fully saturated rings. The molecule has 1 aromatic carbocycles. The van der Waals surface area contributed by atoms with Crippen molar-refractivity contribution in [1.29, 1.82) is 0 Å². The minimum absolute atomic E-state index is 0.367. The average Bonchev–Trinajstić information content (AvgIpc) is 2.93. The van der Waals surface area contributed by atoms with Crippen molar-refractivity contribution in [1.82, 2.24) is 5.16 Å². The molecule has 1 saturated carbocycles. The molecule has 1 aliphatic carbocycles. The molecule has 3 nitrogen and oxygen atoms in total. The summed E-state index contributed by atoms with van der Waals surface area (Å²) in [6.45, 7) is 7.11. The van der Waals surface area contributed by atoms with Gasteiger partial charge in [0.15, 0.2) is 0 Å². The van der Waals surface area contributed by atoms with E-state index in [-0.39, 0.29) is 0 Å². The lowest BCUT2D eigenvalue weighted by molar-refractivity contribution is 0.169. The molecule has 0 saturated heterocycles. The summed E-state index contributed by atoms with van der Waals surface area (Å²) in [7, 11) is 0. The summed E-state index contributed by atoms with van der Waals surface area (Å²) in [6.07, 6.45) is 5.23. The van der Waals surface area contributed by atoms with E-state index in [1.165, 1.54) is 31.2 Å². The fraction of sp³-hybridized carbons (Fsp3) is 0.526. The molecule has 0 unspecified atom stereocenters. The van der Waals surface area contributed by atoms with E-state index in [4.69, 9.17) is 10.3 Å². The lowest BCUT2D eigenvalue weighted by Gasteiger charge is -2.37. The van der Waals surface area contributed by atoms with Crippen LogP contribution >= 0.6 is 0 Å². The highest BCUT2D eigenvalue weighted by Gasteiger charge is 2.30. The summed E-state index contributed by atoms with van der Waals surface area (Å²) in [5.41, 5.74) is 9.40. The van der Waals surface area contributed by atoms with Crippen molar-refractivity contribution < 1.29 is 4.52 Å². The highest BCUT2D eigenvalue weighted by atomic mass is 16.5.